The van der Waals surface area contributed by atoms with Crippen molar-refractivity contribution in [2.45, 2.75) is 25.1 Å². The first-order chi connectivity index (χ1) is 13.1. The number of nitrogens with one attached hydrogen (secondary N) is 1. The standard InChI is InChI=1S/C19H16ClF3N2O3/c1-25-16(8-9-17(25)26)18(27)24-15-10-13(6-7-14(15)20)28-12-4-2-11(3-5-12)19(21,22)23/h2-7,10,16H,8-9H2,1H3,(H,24,27). The molecule has 9 heteroatoms. The summed E-state index contributed by atoms with van der Waals surface area (Å²) in [5.74, 6) is 0.0107. The molecule has 1 aliphatic heterocycles. The lowest BCUT2D eigenvalue weighted by atomic mass is 10.2. The van der Waals surface area contributed by atoms with Crippen LogP contribution in [0.25, 0.3) is 0 Å². The fraction of sp³-hybridized carbons (Fsp3) is 0.263. The zero-order valence-corrected chi connectivity index (χ0v) is 15.5. The minimum Gasteiger partial charge on any atom is -0.457 e. The molecule has 0 spiro atoms. The van der Waals surface area contributed by atoms with Crippen LogP contribution >= 0.6 is 11.6 Å². The normalized spacial score (nSPS) is 17.0. The van der Waals surface area contributed by atoms with Gasteiger partial charge in [-0.3, -0.25) is 9.59 Å². The van der Waals surface area contributed by atoms with Crippen LogP contribution in [0.2, 0.25) is 5.02 Å². The Balaban J connectivity index is 1.73. The predicted octanol–water partition coefficient (Wildman–Crippen LogP) is 4.71. The number of likely N-dealkylation sites (N-methyl/N-ethyl adjacent to an activating group) is 1. The third-order valence-corrected chi connectivity index (χ3v) is 4.74. The molecule has 1 heterocycles. The summed E-state index contributed by atoms with van der Waals surface area (Å²) in [6, 6.07) is 8.16. The van der Waals surface area contributed by atoms with E-state index in [2.05, 4.69) is 5.32 Å². The Morgan fingerprint density at radius 2 is 1.82 bits per heavy atom. The second-order valence-corrected chi connectivity index (χ2v) is 6.72. The lowest BCUT2D eigenvalue weighted by Gasteiger charge is -2.19. The Morgan fingerprint density at radius 1 is 1.18 bits per heavy atom. The molecule has 2 aromatic rings. The van der Waals surface area contributed by atoms with Gasteiger partial charge in [0.2, 0.25) is 11.8 Å². The molecule has 2 aromatic carbocycles. The summed E-state index contributed by atoms with van der Waals surface area (Å²) < 4.78 is 43.4. The molecule has 1 atom stereocenters. The van der Waals surface area contributed by atoms with E-state index in [1.165, 1.54) is 35.2 Å². The number of hydrogen-bond donors (Lipinski definition) is 1. The maximum absolute atomic E-state index is 12.6. The summed E-state index contributed by atoms with van der Waals surface area (Å²) >= 11 is 6.11. The van der Waals surface area contributed by atoms with Crippen LogP contribution in [-0.4, -0.2) is 29.8 Å². The van der Waals surface area contributed by atoms with Crippen molar-refractivity contribution in [2.75, 3.05) is 12.4 Å². The van der Waals surface area contributed by atoms with E-state index in [1.807, 2.05) is 0 Å². The van der Waals surface area contributed by atoms with Gasteiger partial charge in [-0.25, -0.2) is 0 Å². The number of alkyl halides is 3. The molecule has 1 saturated heterocycles. The minimum atomic E-state index is -4.43. The van der Waals surface area contributed by atoms with Crippen LogP contribution < -0.4 is 10.1 Å². The smallest absolute Gasteiger partial charge is 0.416 e. The first kappa shape index (κ1) is 20.0. The number of halogens is 4. The van der Waals surface area contributed by atoms with Gasteiger partial charge in [0.25, 0.3) is 0 Å². The number of ether oxygens (including phenoxy) is 1. The minimum absolute atomic E-state index is 0.106. The zero-order chi connectivity index (χ0) is 20.5. The van der Waals surface area contributed by atoms with E-state index in [4.69, 9.17) is 16.3 Å². The van der Waals surface area contributed by atoms with Gasteiger partial charge in [-0.2, -0.15) is 13.2 Å². The van der Waals surface area contributed by atoms with Gasteiger partial charge in [0.05, 0.1) is 16.3 Å². The largest absolute Gasteiger partial charge is 0.457 e. The number of carbonyl (C=O) groups excluding carboxylic acids is 2. The molecule has 0 saturated carbocycles. The molecule has 0 aliphatic carbocycles. The fourth-order valence-electron chi connectivity index (χ4n) is 2.84. The van der Waals surface area contributed by atoms with Crippen LogP contribution in [0, 0.1) is 0 Å². The predicted molar refractivity (Wildman–Crippen MR) is 97.4 cm³/mol. The molecular formula is C19H16ClF3N2O3. The summed E-state index contributed by atoms with van der Waals surface area (Å²) in [6.07, 6.45) is -3.70. The molecular weight excluding hydrogens is 397 g/mol. The Bertz CT molecular complexity index is 900. The van der Waals surface area contributed by atoms with Crippen LogP contribution in [0.15, 0.2) is 42.5 Å². The van der Waals surface area contributed by atoms with E-state index in [0.717, 1.165) is 12.1 Å². The van der Waals surface area contributed by atoms with E-state index < -0.39 is 17.8 Å². The summed E-state index contributed by atoms with van der Waals surface area (Å²) in [5, 5.41) is 2.93. The molecule has 5 nitrogen and oxygen atoms in total. The molecule has 3 rings (SSSR count). The summed E-state index contributed by atoms with van der Waals surface area (Å²) in [6.45, 7) is 0. The molecule has 1 N–H and O–H groups in total. The number of anilines is 1. The Kier molecular flexibility index (Phi) is 5.51. The zero-order valence-electron chi connectivity index (χ0n) is 14.7. The van der Waals surface area contributed by atoms with Gasteiger partial charge in [0.15, 0.2) is 0 Å². The SMILES string of the molecule is CN1C(=O)CCC1C(=O)Nc1cc(Oc2ccc(C(F)(F)F)cc2)ccc1Cl. The number of amides is 2. The fourth-order valence-corrected chi connectivity index (χ4v) is 3.00. The van der Waals surface area contributed by atoms with Crippen molar-refractivity contribution in [2.24, 2.45) is 0 Å². The molecule has 2 amide bonds. The van der Waals surface area contributed by atoms with E-state index in [0.29, 0.717) is 12.8 Å². The first-order valence-corrected chi connectivity index (χ1v) is 8.74. The lowest BCUT2D eigenvalue weighted by molar-refractivity contribution is -0.137. The van der Waals surface area contributed by atoms with Crippen molar-refractivity contribution in [3.63, 3.8) is 0 Å². The molecule has 28 heavy (non-hydrogen) atoms. The van der Waals surface area contributed by atoms with Gasteiger partial charge in [-0.1, -0.05) is 11.6 Å². The van der Waals surface area contributed by atoms with Gasteiger partial charge in [-0.15, -0.1) is 0 Å². The van der Waals surface area contributed by atoms with Crippen LogP contribution in [-0.2, 0) is 15.8 Å². The van der Waals surface area contributed by atoms with Crippen LogP contribution in [0.1, 0.15) is 18.4 Å². The van der Waals surface area contributed by atoms with E-state index >= 15 is 0 Å². The molecule has 1 fully saturated rings. The van der Waals surface area contributed by atoms with Gasteiger partial charge >= 0.3 is 6.18 Å². The second kappa shape index (κ2) is 7.71. The topological polar surface area (TPSA) is 58.6 Å². The third kappa shape index (κ3) is 4.39. The van der Waals surface area contributed by atoms with Gasteiger partial charge in [0, 0.05) is 19.5 Å². The second-order valence-electron chi connectivity index (χ2n) is 6.31. The highest BCUT2D eigenvalue weighted by Gasteiger charge is 2.33. The molecule has 1 unspecified atom stereocenters. The average molecular weight is 413 g/mol. The molecule has 0 aromatic heterocycles. The summed E-state index contributed by atoms with van der Waals surface area (Å²) in [4.78, 5) is 25.4. The monoisotopic (exact) mass is 412 g/mol. The number of carbonyl (C=O) groups is 2. The Hall–Kier alpha value is -2.74. The van der Waals surface area contributed by atoms with Crippen LogP contribution in [0.4, 0.5) is 18.9 Å². The number of hydrogen-bond acceptors (Lipinski definition) is 3. The quantitative estimate of drug-likeness (QED) is 0.791. The molecule has 0 bridgehead atoms. The van der Waals surface area contributed by atoms with Crippen LogP contribution in [0.5, 0.6) is 11.5 Å². The van der Waals surface area contributed by atoms with Crippen molar-refractivity contribution >= 4 is 29.1 Å². The van der Waals surface area contributed by atoms with Crippen molar-refractivity contribution in [1.82, 2.24) is 4.90 Å². The Morgan fingerprint density at radius 3 is 2.39 bits per heavy atom. The number of likely N-dealkylation sites (tertiary alicyclic amines) is 1. The van der Waals surface area contributed by atoms with Crippen LogP contribution in [0.3, 0.4) is 0 Å². The van der Waals surface area contributed by atoms with Crippen molar-refractivity contribution in [3.05, 3.63) is 53.1 Å². The molecule has 0 radical (unpaired) electrons. The van der Waals surface area contributed by atoms with Crippen molar-refractivity contribution in [1.29, 1.82) is 0 Å². The highest BCUT2D eigenvalue weighted by Crippen LogP contribution is 2.33. The maximum Gasteiger partial charge on any atom is 0.416 e. The summed E-state index contributed by atoms with van der Waals surface area (Å²) in [7, 11) is 1.56. The van der Waals surface area contributed by atoms with Gasteiger partial charge < -0.3 is 15.0 Å². The van der Waals surface area contributed by atoms with Crippen molar-refractivity contribution < 1.29 is 27.5 Å². The highest BCUT2D eigenvalue weighted by molar-refractivity contribution is 6.33. The number of rotatable bonds is 4. The number of benzene rings is 2. The average Bonchev–Trinajstić information content (AvgIpc) is 2.97. The van der Waals surface area contributed by atoms with Crippen molar-refractivity contribution in [3.8, 4) is 11.5 Å². The van der Waals surface area contributed by atoms with E-state index in [9.17, 15) is 22.8 Å². The first-order valence-electron chi connectivity index (χ1n) is 8.36. The van der Waals surface area contributed by atoms with E-state index in [-0.39, 0.29) is 34.0 Å². The highest BCUT2D eigenvalue weighted by atomic mass is 35.5. The lowest BCUT2D eigenvalue weighted by Crippen LogP contribution is -2.38. The molecule has 148 valence electrons. The third-order valence-electron chi connectivity index (χ3n) is 4.41. The molecule has 1 aliphatic rings. The number of nitrogens with zero attached hydrogens (tertiary/aromatic N) is 1. The maximum atomic E-state index is 12.6. The van der Waals surface area contributed by atoms with E-state index in [1.54, 1.807) is 7.05 Å². The Labute approximate surface area is 164 Å². The van der Waals surface area contributed by atoms with Gasteiger partial charge in [0.1, 0.15) is 17.5 Å². The summed E-state index contributed by atoms with van der Waals surface area (Å²) in [5.41, 5.74) is -0.497. The van der Waals surface area contributed by atoms with Gasteiger partial charge in [-0.05, 0) is 42.8 Å².